The summed E-state index contributed by atoms with van der Waals surface area (Å²) < 4.78 is 49.3. The predicted octanol–water partition coefficient (Wildman–Crippen LogP) is 4.10. The van der Waals surface area contributed by atoms with Crippen molar-refractivity contribution >= 4 is 22.4 Å². The Labute approximate surface area is 199 Å². The molecule has 4 heterocycles. The van der Waals surface area contributed by atoms with Crippen molar-refractivity contribution in [3.8, 4) is 6.07 Å². The lowest BCUT2D eigenvalue weighted by atomic mass is 9.81. The molecule has 2 unspecified atom stereocenters. The van der Waals surface area contributed by atoms with Gasteiger partial charge < -0.3 is 15.0 Å². The fourth-order valence-electron chi connectivity index (χ4n) is 5.09. The van der Waals surface area contributed by atoms with Gasteiger partial charge in [0.05, 0.1) is 30.2 Å². The number of alkyl halides is 3. The fourth-order valence-corrected chi connectivity index (χ4v) is 5.09. The van der Waals surface area contributed by atoms with Gasteiger partial charge in [-0.15, -0.1) is 0 Å². The average molecular weight is 486 g/mol. The number of hydrogen-bond acceptors (Lipinski definition) is 6. The zero-order valence-electron chi connectivity index (χ0n) is 18.9. The Morgan fingerprint density at radius 1 is 1.23 bits per heavy atom. The van der Waals surface area contributed by atoms with E-state index in [-0.39, 0.29) is 35.3 Å². The third kappa shape index (κ3) is 4.06. The molecule has 3 N–H and O–H groups in total. The molecule has 0 radical (unpaired) electrons. The minimum Gasteiger partial charge on any atom is -0.379 e. The molecule has 0 aliphatic carbocycles. The normalized spacial score (nSPS) is 25.3. The quantitative estimate of drug-likeness (QED) is 0.513. The van der Waals surface area contributed by atoms with Crippen LogP contribution in [0.3, 0.4) is 0 Å². The number of H-pyrrole nitrogens is 1. The number of hydrogen-bond donors (Lipinski definition) is 3. The van der Waals surface area contributed by atoms with E-state index < -0.39 is 11.7 Å². The number of nitrogens with zero attached hydrogens (tertiary/aromatic N) is 3. The molecule has 2 aliphatic rings. The summed E-state index contributed by atoms with van der Waals surface area (Å²) in [5.74, 6) is -0.0574. The first kappa shape index (κ1) is 23.4. The molecule has 0 saturated carbocycles. The maximum atomic E-state index is 14.0. The van der Waals surface area contributed by atoms with Crippen LogP contribution in [0.5, 0.6) is 0 Å². The smallest absolute Gasteiger partial charge is 0.379 e. The average Bonchev–Trinajstić information content (AvgIpc) is 3.23. The highest BCUT2D eigenvalue weighted by atomic mass is 19.4. The van der Waals surface area contributed by atoms with Crippen molar-refractivity contribution in [2.75, 3.05) is 25.1 Å². The Morgan fingerprint density at radius 2 is 2.03 bits per heavy atom. The van der Waals surface area contributed by atoms with Gasteiger partial charge in [-0.3, -0.25) is 14.8 Å². The lowest BCUT2D eigenvalue weighted by Gasteiger charge is -2.40. The first-order valence-electron chi connectivity index (χ1n) is 11.6. The van der Waals surface area contributed by atoms with E-state index in [4.69, 9.17) is 4.74 Å². The van der Waals surface area contributed by atoms with Crippen LogP contribution in [0.2, 0.25) is 0 Å². The van der Waals surface area contributed by atoms with Gasteiger partial charge in [0, 0.05) is 18.5 Å². The van der Waals surface area contributed by atoms with E-state index in [0.29, 0.717) is 55.6 Å². The third-order valence-electron chi connectivity index (χ3n) is 6.97. The highest BCUT2D eigenvalue weighted by Crippen LogP contribution is 2.44. The van der Waals surface area contributed by atoms with Crippen molar-refractivity contribution in [2.24, 2.45) is 5.92 Å². The molecule has 1 aromatic carbocycles. The van der Waals surface area contributed by atoms with Crippen molar-refractivity contribution in [1.29, 1.82) is 5.26 Å². The van der Waals surface area contributed by atoms with Crippen molar-refractivity contribution in [3.63, 3.8) is 0 Å². The first-order chi connectivity index (χ1) is 16.8. The van der Waals surface area contributed by atoms with Gasteiger partial charge in [0.25, 0.3) is 5.56 Å². The Kier molecular flexibility index (Phi) is 6.02. The largest absolute Gasteiger partial charge is 0.410 e. The topological polar surface area (TPSA) is 108 Å². The van der Waals surface area contributed by atoms with Crippen LogP contribution >= 0.6 is 0 Å². The van der Waals surface area contributed by atoms with Gasteiger partial charge in [-0.25, -0.2) is 0 Å². The number of halogens is 3. The number of aromatic nitrogens is 3. The van der Waals surface area contributed by atoms with Crippen LogP contribution in [0.1, 0.15) is 37.3 Å². The molecule has 0 bridgehead atoms. The lowest BCUT2D eigenvalue weighted by molar-refractivity contribution is -0.207. The molecule has 0 spiro atoms. The molecule has 2 aliphatic heterocycles. The summed E-state index contributed by atoms with van der Waals surface area (Å²) in [7, 11) is 0. The molecule has 2 aromatic heterocycles. The molecule has 11 heteroatoms. The summed E-state index contributed by atoms with van der Waals surface area (Å²) in [5, 5.41) is 20.3. The summed E-state index contributed by atoms with van der Waals surface area (Å²) in [6.07, 6.45) is -1.17. The first-order valence-corrected chi connectivity index (χ1v) is 11.6. The van der Waals surface area contributed by atoms with Gasteiger partial charge in [-0.05, 0) is 56.0 Å². The van der Waals surface area contributed by atoms with Crippen LogP contribution in [0, 0.1) is 17.2 Å². The number of benzene rings is 1. The second-order valence-corrected chi connectivity index (χ2v) is 9.02. The van der Waals surface area contributed by atoms with Crippen LogP contribution in [0.4, 0.5) is 24.7 Å². The van der Waals surface area contributed by atoms with Crippen molar-refractivity contribution in [3.05, 3.63) is 52.4 Å². The minimum absolute atomic E-state index is 0.0167. The van der Waals surface area contributed by atoms with Gasteiger partial charge >= 0.3 is 6.18 Å². The van der Waals surface area contributed by atoms with E-state index in [1.165, 1.54) is 18.3 Å². The number of fused-ring (bicyclic) bond motifs is 1. The Balaban J connectivity index is 1.50. The van der Waals surface area contributed by atoms with Gasteiger partial charge in [0.2, 0.25) is 0 Å². The summed E-state index contributed by atoms with van der Waals surface area (Å²) in [6.45, 7) is 1.09. The zero-order chi connectivity index (χ0) is 24.6. The van der Waals surface area contributed by atoms with Crippen LogP contribution in [0.15, 0.2) is 41.3 Å². The summed E-state index contributed by atoms with van der Waals surface area (Å²) in [5.41, 5.74) is -1.23. The molecule has 2 saturated heterocycles. The lowest BCUT2D eigenvalue weighted by Crippen LogP contribution is -2.56. The van der Waals surface area contributed by atoms with E-state index in [1.807, 2.05) is 0 Å². The number of anilines is 2. The second-order valence-electron chi connectivity index (χ2n) is 9.02. The second kappa shape index (κ2) is 9.02. The SMILES string of the molecule is N#CC1CCOC[C@@H]1n1nc(Nc2ccc(C3(C(F)(F)F)CCCCN3)cc2)c2c(=O)[nH]ccc21. The highest BCUT2D eigenvalue weighted by molar-refractivity contribution is 5.91. The van der Waals surface area contributed by atoms with Crippen molar-refractivity contribution in [2.45, 2.75) is 43.4 Å². The maximum absolute atomic E-state index is 14.0. The van der Waals surface area contributed by atoms with Crippen molar-refractivity contribution < 1.29 is 17.9 Å². The molecule has 3 atom stereocenters. The molecular weight excluding hydrogens is 461 g/mol. The number of pyridine rings is 1. The zero-order valence-corrected chi connectivity index (χ0v) is 18.9. The molecule has 2 fully saturated rings. The molecule has 8 nitrogen and oxygen atoms in total. The van der Waals surface area contributed by atoms with E-state index in [2.05, 4.69) is 26.8 Å². The summed E-state index contributed by atoms with van der Waals surface area (Å²) in [6, 6.07) is 9.68. The number of ether oxygens (including phenoxy) is 1. The number of piperidine rings is 1. The summed E-state index contributed by atoms with van der Waals surface area (Å²) >= 11 is 0. The Bertz CT molecular complexity index is 1300. The van der Waals surface area contributed by atoms with Crippen LogP contribution in [-0.4, -0.2) is 40.7 Å². The number of nitriles is 1. The molecule has 0 amide bonds. The van der Waals surface area contributed by atoms with Gasteiger partial charge in [0.1, 0.15) is 10.9 Å². The van der Waals surface area contributed by atoms with E-state index in [0.717, 1.165) is 0 Å². The molecule has 5 rings (SSSR count). The molecule has 35 heavy (non-hydrogen) atoms. The Morgan fingerprint density at radius 3 is 2.71 bits per heavy atom. The van der Waals surface area contributed by atoms with Crippen molar-refractivity contribution in [1.82, 2.24) is 20.1 Å². The standard InChI is InChI=1S/C24H25F3N6O2/c25-24(26,27)23(9-1-2-10-30-23)16-3-5-17(6-4-16)31-21-20-18(7-11-29-22(20)34)33(32-21)19-14-35-12-8-15(19)13-28/h3-7,11,15,19,30H,1-2,8-10,12,14H2,(H,29,34)(H,31,32)/t15?,19-,23?/m0/s1. The van der Waals surface area contributed by atoms with E-state index >= 15 is 0 Å². The minimum atomic E-state index is -4.43. The number of aromatic amines is 1. The summed E-state index contributed by atoms with van der Waals surface area (Å²) in [4.78, 5) is 15.3. The van der Waals surface area contributed by atoms with E-state index in [9.17, 15) is 23.2 Å². The Hall–Kier alpha value is -3.36. The third-order valence-corrected chi connectivity index (χ3v) is 6.97. The monoisotopic (exact) mass is 486 g/mol. The maximum Gasteiger partial charge on any atom is 0.410 e. The fraction of sp³-hybridized carbons (Fsp3) is 0.458. The number of rotatable bonds is 4. The van der Waals surface area contributed by atoms with Crippen LogP contribution in [-0.2, 0) is 10.3 Å². The number of nitrogens with one attached hydrogen (secondary N) is 3. The molecular formula is C24H25F3N6O2. The van der Waals surface area contributed by atoms with Gasteiger partial charge in [-0.2, -0.15) is 23.5 Å². The molecule has 184 valence electrons. The highest BCUT2D eigenvalue weighted by Gasteiger charge is 2.56. The predicted molar refractivity (Wildman–Crippen MR) is 123 cm³/mol. The van der Waals surface area contributed by atoms with Gasteiger partial charge in [0.15, 0.2) is 5.82 Å². The van der Waals surface area contributed by atoms with Gasteiger partial charge in [-0.1, -0.05) is 12.1 Å². The molecule has 3 aromatic rings. The van der Waals surface area contributed by atoms with E-state index in [1.54, 1.807) is 22.9 Å². The van der Waals surface area contributed by atoms with Crippen LogP contribution < -0.4 is 16.2 Å². The van der Waals surface area contributed by atoms with Crippen LogP contribution in [0.25, 0.3) is 10.9 Å².